The second-order valence-electron chi connectivity index (χ2n) is 8.33. The molecule has 1 amide bonds. The first kappa shape index (κ1) is 19.0. The molecule has 8 heteroatoms. The zero-order valence-electron chi connectivity index (χ0n) is 16.2. The molecule has 0 N–H and O–H groups in total. The zero-order valence-corrected chi connectivity index (χ0v) is 17.0. The highest BCUT2D eigenvalue weighted by atomic mass is 35.5. The molecular formula is C22H20ClN5O2. The van der Waals surface area contributed by atoms with Crippen molar-refractivity contribution >= 4 is 23.7 Å². The average molecular weight is 422 g/mol. The highest BCUT2D eigenvalue weighted by Crippen LogP contribution is 2.63. The molecule has 3 saturated carbocycles. The summed E-state index contributed by atoms with van der Waals surface area (Å²) in [6, 6.07) is 9.51. The zero-order chi connectivity index (χ0) is 20.7. The standard InChI is InChI=1S/C22H20ClN5O2/c23-17-3-1-14(2-4-17)19-5-6-27-28(19)21(29)22-7-15(8-22)16(9-22)13-30-20-12-25-18(10-24)11-26-20/h1-4,6,11-12,15-16,19H,5,7-9,13H2. The maximum atomic E-state index is 13.4. The lowest BCUT2D eigenvalue weighted by Crippen LogP contribution is -2.44. The molecule has 2 aromatic rings. The van der Waals surface area contributed by atoms with Crippen molar-refractivity contribution in [2.75, 3.05) is 6.61 Å². The fourth-order valence-electron chi connectivity index (χ4n) is 5.02. The molecule has 1 aromatic heterocycles. The molecule has 3 fully saturated rings. The topological polar surface area (TPSA) is 91.5 Å². The Morgan fingerprint density at radius 3 is 2.73 bits per heavy atom. The summed E-state index contributed by atoms with van der Waals surface area (Å²) in [6.07, 6.45) is 7.99. The van der Waals surface area contributed by atoms with Crippen molar-refractivity contribution in [3.05, 3.63) is 52.9 Å². The van der Waals surface area contributed by atoms with Gasteiger partial charge in [-0.15, -0.1) is 0 Å². The fraction of sp³-hybridized carbons (Fsp3) is 0.409. The smallest absolute Gasteiger partial charge is 0.249 e. The molecule has 2 unspecified atom stereocenters. The van der Waals surface area contributed by atoms with E-state index in [0.29, 0.717) is 29.3 Å². The number of carbonyl (C=O) groups excluding carboxylic acids is 1. The first-order chi connectivity index (χ1) is 14.6. The van der Waals surface area contributed by atoms with Crippen molar-refractivity contribution in [3.63, 3.8) is 0 Å². The SMILES string of the molecule is N#Cc1cnc(OCC2CC3(C(=O)N4N=CCC4c4ccc(Cl)cc4)CC2C3)cn1. The fourth-order valence-corrected chi connectivity index (χ4v) is 5.15. The quantitative estimate of drug-likeness (QED) is 0.733. The summed E-state index contributed by atoms with van der Waals surface area (Å²) in [6.45, 7) is 0.504. The first-order valence-corrected chi connectivity index (χ1v) is 10.4. The summed E-state index contributed by atoms with van der Waals surface area (Å²) in [4.78, 5) is 21.5. The van der Waals surface area contributed by atoms with Crippen LogP contribution in [0, 0.1) is 28.6 Å². The van der Waals surface area contributed by atoms with Gasteiger partial charge in [0.15, 0.2) is 5.69 Å². The van der Waals surface area contributed by atoms with Crippen LogP contribution in [0.15, 0.2) is 41.8 Å². The Morgan fingerprint density at radius 2 is 2.03 bits per heavy atom. The Kier molecular flexibility index (Phi) is 4.67. The summed E-state index contributed by atoms with van der Waals surface area (Å²) in [5, 5.41) is 15.6. The van der Waals surface area contributed by atoms with Gasteiger partial charge in [0.05, 0.1) is 30.5 Å². The van der Waals surface area contributed by atoms with Gasteiger partial charge in [0.1, 0.15) is 6.07 Å². The molecular weight excluding hydrogens is 402 g/mol. The van der Waals surface area contributed by atoms with Crippen molar-refractivity contribution in [1.29, 1.82) is 5.26 Å². The minimum atomic E-state index is -0.332. The lowest BCUT2D eigenvalue weighted by molar-refractivity contribution is -0.148. The van der Waals surface area contributed by atoms with E-state index < -0.39 is 0 Å². The number of hydrazone groups is 1. The molecule has 2 heterocycles. The van der Waals surface area contributed by atoms with Crippen LogP contribution < -0.4 is 4.74 Å². The molecule has 4 aliphatic rings. The van der Waals surface area contributed by atoms with Crippen LogP contribution in [0.25, 0.3) is 0 Å². The highest BCUT2D eigenvalue weighted by molar-refractivity contribution is 6.30. The van der Waals surface area contributed by atoms with Crippen LogP contribution in [0.2, 0.25) is 5.02 Å². The second kappa shape index (κ2) is 7.37. The van der Waals surface area contributed by atoms with Crippen LogP contribution in [0.4, 0.5) is 0 Å². The Balaban J connectivity index is 1.23. The van der Waals surface area contributed by atoms with Crippen LogP contribution in [0.3, 0.4) is 0 Å². The van der Waals surface area contributed by atoms with Crippen LogP contribution in [-0.4, -0.2) is 33.7 Å². The van der Waals surface area contributed by atoms with Gasteiger partial charge in [-0.1, -0.05) is 23.7 Å². The lowest BCUT2D eigenvalue weighted by atomic mass is 9.68. The maximum Gasteiger partial charge on any atom is 0.249 e. The predicted molar refractivity (Wildman–Crippen MR) is 110 cm³/mol. The van der Waals surface area contributed by atoms with E-state index in [0.717, 1.165) is 31.2 Å². The Labute approximate surface area is 179 Å². The first-order valence-electron chi connectivity index (χ1n) is 10.0. The number of rotatable bonds is 5. The van der Waals surface area contributed by atoms with E-state index >= 15 is 0 Å². The number of benzene rings is 1. The van der Waals surface area contributed by atoms with Gasteiger partial charge < -0.3 is 4.74 Å². The van der Waals surface area contributed by atoms with Gasteiger partial charge in [0.2, 0.25) is 11.8 Å². The van der Waals surface area contributed by atoms with Crippen molar-refractivity contribution in [2.45, 2.75) is 31.7 Å². The van der Waals surface area contributed by atoms with Gasteiger partial charge in [0, 0.05) is 17.7 Å². The normalized spacial score (nSPS) is 28.8. The van der Waals surface area contributed by atoms with Gasteiger partial charge in [-0.3, -0.25) is 4.79 Å². The Hall–Kier alpha value is -2.98. The Bertz CT molecular complexity index is 1020. The number of hydrogen-bond acceptors (Lipinski definition) is 6. The number of nitrogens with zero attached hydrogens (tertiary/aromatic N) is 5. The molecule has 0 spiro atoms. The lowest BCUT2D eigenvalue weighted by Gasteiger charge is -2.40. The van der Waals surface area contributed by atoms with E-state index in [1.165, 1.54) is 12.4 Å². The third kappa shape index (κ3) is 3.21. The summed E-state index contributed by atoms with van der Waals surface area (Å²) in [5.74, 6) is 1.33. The minimum Gasteiger partial charge on any atom is -0.476 e. The molecule has 2 bridgehead atoms. The number of amides is 1. The Morgan fingerprint density at radius 1 is 1.23 bits per heavy atom. The third-order valence-corrected chi connectivity index (χ3v) is 6.81. The van der Waals surface area contributed by atoms with Gasteiger partial charge in [-0.05, 0) is 48.8 Å². The van der Waals surface area contributed by atoms with Gasteiger partial charge >= 0.3 is 0 Å². The molecule has 1 aliphatic heterocycles. The summed E-state index contributed by atoms with van der Waals surface area (Å²) < 4.78 is 5.79. The van der Waals surface area contributed by atoms with E-state index in [2.05, 4.69) is 15.1 Å². The minimum absolute atomic E-state index is 0.0626. The number of aromatic nitrogens is 2. The van der Waals surface area contributed by atoms with Crippen LogP contribution in [0.5, 0.6) is 5.88 Å². The molecule has 0 saturated heterocycles. The number of nitriles is 1. The van der Waals surface area contributed by atoms with E-state index in [-0.39, 0.29) is 23.1 Å². The second-order valence-corrected chi connectivity index (χ2v) is 8.76. The van der Waals surface area contributed by atoms with E-state index in [1.807, 2.05) is 36.5 Å². The molecule has 2 atom stereocenters. The highest BCUT2D eigenvalue weighted by Gasteiger charge is 2.62. The number of ether oxygens (including phenoxy) is 1. The van der Waals surface area contributed by atoms with Crippen LogP contribution in [0.1, 0.15) is 43.0 Å². The van der Waals surface area contributed by atoms with Crippen molar-refractivity contribution in [3.8, 4) is 11.9 Å². The molecule has 30 heavy (non-hydrogen) atoms. The largest absolute Gasteiger partial charge is 0.476 e. The average Bonchev–Trinajstić information content (AvgIpc) is 3.46. The predicted octanol–water partition coefficient (Wildman–Crippen LogP) is 3.76. The van der Waals surface area contributed by atoms with Crippen LogP contribution >= 0.6 is 11.6 Å². The monoisotopic (exact) mass is 421 g/mol. The molecule has 152 valence electrons. The van der Waals surface area contributed by atoms with Gasteiger partial charge in [-0.2, -0.15) is 10.4 Å². The third-order valence-electron chi connectivity index (χ3n) is 6.56. The van der Waals surface area contributed by atoms with E-state index in [4.69, 9.17) is 21.6 Å². The molecule has 1 aromatic carbocycles. The van der Waals surface area contributed by atoms with E-state index in [1.54, 1.807) is 5.01 Å². The van der Waals surface area contributed by atoms with Crippen molar-refractivity contribution in [2.24, 2.45) is 22.4 Å². The van der Waals surface area contributed by atoms with Gasteiger partial charge in [-0.25, -0.2) is 15.0 Å². The van der Waals surface area contributed by atoms with Crippen molar-refractivity contribution < 1.29 is 9.53 Å². The summed E-state index contributed by atoms with van der Waals surface area (Å²) >= 11 is 6.01. The van der Waals surface area contributed by atoms with Crippen LogP contribution in [-0.2, 0) is 4.79 Å². The number of hydrogen-bond donors (Lipinski definition) is 0. The van der Waals surface area contributed by atoms with Crippen molar-refractivity contribution in [1.82, 2.24) is 15.0 Å². The van der Waals surface area contributed by atoms with E-state index in [9.17, 15) is 4.79 Å². The summed E-state index contributed by atoms with van der Waals surface area (Å²) in [7, 11) is 0. The number of fused-ring (bicyclic) bond motifs is 1. The molecule has 3 aliphatic carbocycles. The number of carbonyl (C=O) groups is 1. The van der Waals surface area contributed by atoms with Gasteiger partial charge in [0.25, 0.3) is 0 Å². The number of halogens is 1. The summed E-state index contributed by atoms with van der Waals surface area (Å²) in [5.41, 5.74) is 0.979. The maximum absolute atomic E-state index is 13.4. The molecule has 7 nitrogen and oxygen atoms in total. The molecule has 0 radical (unpaired) electrons. The molecule has 6 rings (SSSR count).